The van der Waals surface area contributed by atoms with Crippen LogP contribution in [0.15, 0.2) is 0 Å². The second kappa shape index (κ2) is 5.45. The molecule has 0 rings (SSSR count). The Kier molecular flexibility index (Phi) is 5.27. The molecule has 0 radical (unpaired) electrons. The number of hydrogen-bond acceptors (Lipinski definition) is 1. The average molecular weight is 142 g/mol. The normalized spacial score (nSPS) is 16.3. The zero-order valence-electron chi connectivity index (χ0n) is 7.26. The largest absolute Gasteiger partial charge is 0.303 e. The molecular formula is C9H18O. The van der Waals surface area contributed by atoms with Crippen molar-refractivity contribution in [3.63, 3.8) is 0 Å². The summed E-state index contributed by atoms with van der Waals surface area (Å²) in [6, 6.07) is 0. The highest BCUT2D eigenvalue weighted by Gasteiger charge is 2.07. The zero-order valence-corrected chi connectivity index (χ0v) is 7.26. The third-order valence-corrected chi connectivity index (χ3v) is 2.12. The van der Waals surface area contributed by atoms with E-state index in [1.165, 1.54) is 6.42 Å². The van der Waals surface area contributed by atoms with E-state index in [4.69, 9.17) is 0 Å². The smallest absolute Gasteiger partial charge is 0.123 e. The minimum Gasteiger partial charge on any atom is -0.303 e. The van der Waals surface area contributed by atoms with Gasteiger partial charge in [-0.05, 0) is 18.8 Å². The molecule has 0 unspecified atom stereocenters. The summed E-state index contributed by atoms with van der Waals surface area (Å²) in [6.07, 6.45) is 4.33. The van der Waals surface area contributed by atoms with Gasteiger partial charge in [-0.1, -0.05) is 27.2 Å². The van der Waals surface area contributed by atoms with Crippen molar-refractivity contribution in [3.8, 4) is 0 Å². The van der Waals surface area contributed by atoms with Gasteiger partial charge in [0.15, 0.2) is 0 Å². The van der Waals surface area contributed by atoms with Crippen LogP contribution in [0, 0.1) is 11.8 Å². The topological polar surface area (TPSA) is 17.1 Å². The van der Waals surface area contributed by atoms with E-state index in [9.17, 15) is 4.79 Å². The Morgan fingerprint density at radius 3 is 2.20 bits per heavy atom. The molecule has 0 aliphatic carbocycles. The summed E-state index contributed by atoms with van der Waals surface area (Å²) < 4.78 is 0. The van der Waals surface area contributed by atoms with Gasteiger partial charge < -0.3 is 4.79 Å². The summed E-state index contributed by atoms with van der Waals surface area (Å²) in [6.45, 7) is 6.44. The molecule has 0 aromatic carbocycles. The van der Waals surface area contributed by atoms with E-state index >= 15 is 0 Å². The first kappa shape index (κ1) is 9.67. The molecule has 0 aromatic heterocycles. The minimum atomic E-state index is 0.301. The Bertz CT molecular complexity index is 88.7. The number of carbonyl (C=O) groups is 1. The van der Waals surface area contributed by atoms with Crippen LogP contribution < -0.4 is 0 Å². The highest BCUT2D eigenvalue weighted by Crippen LogP contribution is 2.15. The van der Waals surface area contributed by atoms with Gasteiger partial charge in [-0.15, -0.1) is 0 Å². The second-order valence-corrected chi connectivity index (χ2v) is 3.05. The van der Waals surface area contributed by atoms with Gasteiger partial charge in [-0.2, -0.15) is 0 Å². The van der Waals surface area contributed by atoms with Crippen LogP contribution in [0.4, 0.5) is 0 Å². The third kappa shape index (κ3) is 3.65. The van der Waals surface area contributed by atoms with Crippen molar-refractivity contribution in [1.82, 2.24) is 0 Å². The lowest BCUT2D eigenvalue weighted by molar-refractivity contribution is -0.111. The maximum absolute atomic E-state index is 10.4. The molecular weight excluding hydrogens is 124 g/mol. The SMILES string of the molecule is CC[C@@H](C)C[C@H](C=O)CC. The molecule has 0 N–H and O–H groups in total. The first-order chi connectivity index (χ1) is 4.74. The van der Waals surface area contributed by atoms with Gasteiger partial charge in [0.05, 0.1) is 0 Å². The van der Waals surface area contributed by atoms with E-state index in [-0.39, 0.29) is 0 Å². The summed E-state index contributed by atoms with van der Waals surface area (Å²) in [5.41, 5.74) is 0. The van der Waals surface area contributed by atoms with Crippen LogP contribution >= 0.6 is 0 Å². The summed E-state index contributed by atoms with van der Waals surface area (Å²) in [7, 11) is 0. The summed E-state index contributed by atoms with van der Waals surface area (Å²) in [5.74, 6) is 1.00. The third-order valence-electron chi connectivity index (χ3n) is 2.12. The van der Waals surface area contributed by atoms with Crippen LogP contribution in [-0.2, 0) is 4.79 Å². The maximum Gasteiger partial charge on any atom is 0.123 e. The molecule has 0 aliphatic rings. The number of aldehydes is 1. The van der Waals surface area contributed by atoms with Gasteiger partial charge in [0.2, 0.25) is 0 Å². The Balaban J connectivity index is 3.51. The van der Waals surface area contributed by atoms with Crippen LogP contribution in [0.5, 0.6) is 0 Å². The van der Waals surface area contributed by atoms with E-state index in [1.54, 1.807) is 0 Å². The fourth-order valence-electron chi connectivity index (χ4n) is 1.00. The van der Waals surface area contributed by atoms with Crippen LogP contribution in [-0.4, -0.2) is 6.29 Å². The quantitative estimate of drug-likeness (QED) is 0.539. The van der Waals surface area contributed by atoms with E-state index in [0.29, 0.717) is 11.8 Å². The second-order valence-electron chi connectivity index (χ2n) is 3.05. The van der Waals surface area contributed by atoms with Crippen molar-refractivity contribution in [3.05, 3.63) is 0 Å². The monoisotopic (exact) mass is 142 g/mol. The zero-order chi connectivity index (χ0) is 7.98. The van der Waals surface area contributed by atoms with Gasteiger partial charge in [0.1, 0.15) is 6.29 Å². The predicted molar refractivity (Wildman–Crippen MR) is 43.9 cm³/mol. The predicted octanol–water partition coefficient (Wildman–Crippen LogP) is 2.65. The van der Waals surface area contributed by atoms with Crippen LogP contribution in [0.25, 0.3) is 0 Å². The Labute approximate surface area is 63.8 Å². The molecule has 60 valence electrons. The molecule has 0 saturated heterocycles. The van der Waals surface area contributed by atoms with Crippen molar-refractivity contribution >= 4 is 6.29 Å². The van der Waals surface area contributed by atoms with Crippen molar-refractivity contribution in [2.24, 2.45) is 11.8 Å². The minimum absolute atomic E-state index is 0.301. The van der Waals surface area contributed by atoms with Crippen molar-refractivity contribution in [2.45, 2.75) is 40.0 Å². The van der Waals surface area contributed by atoms with E-state index in [1.807, 2.05) is 0 Å². The molecule has 0 fully saturated rings. The summed E-state index contributed by atoms with van der Waals surface area (Å²) in [5, 5.41) is 0. The maximum atomic E-state index is 10.4. The lowest BCUT2D eigenvalue weighted by Gasteiger charge is -2.11. The molecule has 0 aliphatic heterocycles. The molecule has 0 aromatic rings. The number of rotatable bonds is 5. The van der Waals surface area contributed by atoms with Crippen LogP contribution in [0.2, 0.25) is 0 Å². The fourth-order valence-corrected chi connectivity index (χ4v) is 1.00. The van der Waals surface area contributed by atoms with Crippen molar-refractivity contribution in [1.29, 1.82) is 0 Å². The molecule has 0 spiro atoms. The number of carbonyl (C=O) groups excluding carboxylic acids is 1. The molecule has 0 bridgehead atoms. The lowest BCUT2D eigenvalue weighted by atomic mass is 9.93. The highest BCUT2D eigenvalue weighted by molar-refractivity contribution is 5.53. The van der Waals surface area contributed by atoms with Gasteiger partial charge in [0.25, 0.3) is 0 Å². The van der Waals surface area contributed by atoms with Gasteiger partial charge in [0, 0.05) is 5.92 Å². The van der Waals surface area contributed by atoms with E-state index < -0.39 is 0 Å². The van der Waals surface area contributed by atoms with Crippen molar-refractivity contribution < 1.29 is 4.79 Å². The first-order valence-corrected chi connectivity index (χ1v) is 4.19. The van der Waals surface area contributed by atoms with E-state index in [2.05, 4.69) is 20.8 Å². The summed E-state index contributed by atoms with van der Waals surface area (Å²) >= 11 is 0. The van der Waals surface area contributed by atoms with Gasteiger partial charge >= 0.3 is 0 Å². The molecule has 0 heterocycles. The molecule has 1 heteroatoms. The van der Waals surface area contributed by atoms with Gasteiger partial charge in [-0.25, -0.2) is 0 Å². The summed E-state index contributed by atoms with van der Waals surface area (Å²) in [4.78, 5) is 10.4. The molecule has 0 amide bonds. The highest BCUT2D eigenvalue weighted by atomic mass is 16.1. The Morgan fingerprint density at radius 1 is 1.30 bits per heavy atom. The van der Waals surface area contributed by atoms with Gasteiger partial charge in [-0.3, -0.25) is 0 Å². The van der Waals surface area contributed by atoms with E-state index in [0.717, 1.165) is 19.1 Å². The molecule has 0 saturated carbocycles. The van der Waals surface area contributed by atoms with Crippen LogP contribution in [0.3, 0.4) is 0 Å². The Morgan fingerprint density at radius 2 is 1.90 bits per heavy atom. The fraction of sp³-hybridized carbons (Fsp3) is 0.889. The molecule has 2 atom stereocenters. The van der Waals surface area contributed by atoms with Crippen molar-refractivity contribution in [2.75, 3.05) is 0 Å². The standard InChI is InChI=1S/C9H18O/c1-4-8(3)6-9(5-2)7-10/h7-9H,4-6H2,1-3H3/t8-,9-/m1/s1. The Hall–Kier alpha value is -0.330. The first-order valence-electron chi connectivity index (χ1n) is 4.19. The average Bonchev–Trinajstić information content (AvgIpc) is 1.99. The molecule has 1 nitrogen and oxygen atoms in total. The number of hydrogen-bond donors (Lipinski definition) is 0. The lowest BCUT2D eigenvalue weighted by Crippen LogP contribution is -2.05. The molecule has 10 heavy (non-hydrogen) atoms. The van der Waals surface area contributed by atoms with Crippen LogP contribution in [0.1, 0.15) is 40.0 Å².